The second-order valence-corrected chi connectivity index (χ2v) is 3.20. The Labute approximate surface area is 71.7 Å². The Morgan fingerprint density at radius 2 is 2.17 bits per heavy atom. The molecule has 1 unspecified atom stereocenters. The highest BCUT2D eigenvalue weighted by Gasteiger charge is 2.20. The van der Waals surface area contributed by atoms with Crippen LogP contribution in [0.1, 0.15) is 0 Å². The Kier molecular flexibility index (Phi) is 2.88. The van der Waals surface area contributed by atoms with Crippen LogP contribution < -0.4 is 5.73 Å². The van der Waals surface area contributed by atoms with Gasteiger partial charge in [0, 0.05) is 26.2 Å². The predicted molar refractivity (Wildman–Crippen MR) is 44.7 cm³/mol. The third-order valence-corrected chi connectivity index (χ3v) is 2.02. The van der Waals surface area contributed by atoms with E-state index in [1.807, 2.05) is 11.9 Å². The van der Waals surface area contributed by atoms with Gasteiger partial charge in [0.05, 0.1) is 6.10 Å². The summed E-state index contributed by atoms with van der Waals surface area (Å²) in [6, 6.07) is -0.454. The first kappa shape index (κ1) is 9.28. The number of primary amides is 1. The maximum Gasteiger partial charge on any atom is 0.314 e. The fourth-order valence-electron chi connectivity index (χ4n) is 1.35. The van der Waals surface area contributed by atoms with Crippen molar-refractivity contribution in [2.45, 2.75) is 6.10 Å². The van der Waals surface area contributed by atoms with Gasteiger partial charge in [-0.3, -0.25) is 0 Å². The molecule has 1 aliphatic rings. The number of carbonyl (C=O) groups excluding carboxylic acids is 1. The van der Waals surface area contributed by atoms with Gasteiger partial charge in [-0.1, -0.05) is 0 Å². The lowest BCUT2D eigenvalue weighted by atomic mass is 10.3. The van der Waals surface area contributed by atoms with E-state index in [4.69, 9.17) is 5.73 Å². The fourth-order valence-corrected chi connectivity index (χ4v) is 1.35. The molecule has 0 aromatic heterocycles. The number of amides is 2. The lowest BCUT2D eigenvalue weighted by molar-refractivity contribution is 0.122. The first-order valence-corrected chi connectivity index (χ1v) is 4.00. The summed E-state index contributed by atoms with van der Waals surface area (Å²) >= 11 is 0. The summed E-state index contributed by atoms with van der Waals surface area (Å²) in [7, 11) is 1.91. The molecule has 0 aliphatic carbocycles. The Hall–Kier alpha value is -0.810. The van der Waals surface area contributed by atoms with E-state index < -0.39 is 12.1 Å². The van der Waals surface area contributed by atoms with Crippen molar-refractivity contribution in [3.05, 3.63) is 0 Å². The molecule has 1 atom stereocenters. The van der Waals surface area contributed by atoms with Gasteiger partial charge < -0.3 is 20.6 Å². The van der Waals surface area contributed by atoms with Crippen LogP contribution in [-0.2, 0) is 0 Å². The maximum absolute atomic E-state index is 10.8. The molecule has 2 amide bonds. The van der Waals surface area contributed by atoms with Crippen LogP contribution >= 0.6 is 0 Å². The minimum absolute atomic E-state index is 0.347. The molecule has 3 N–H and O–H groups in total. The van der Waals surface area contributed by atoms with Crippen LogP contribution in [0.2, 0.25) is 0 Å². The molecule has 0 aromatic rings. The molecular weight excluding hydrogens is 158 g/mol. The summed E-state index contributed by atoms with van der Waals surface area (Å²) in [4.78, 5) is 14.2. The van der Waals surface area contributed by atoms with Crippen LogP contribution in [0.25, 0.3) is 0 Å². The van der Waals surface area contributed by atoms with E-state index in [1.54, 1.807) is 0 Å². The Morgan fingerprint density at radius 3 is 2.75 bits per heavy atom. The molecule has 0 spiro atoms. The van der Waals surface area contributed by atoms with Crippen molar-refractivity contribution >= 4 is 6.03 Å². The van der Waals surface area contributed by atoms with Crippen molar-refractivity contribution < 1.29 is 9.90 Å². The molecule has 12 heavy (non-hydrogen) atoms. The molecule has 5 heteroatoms. The number of carbonyl (C=O) groups is 1. The van der Waals surface area contributed by atoms with Crippen molar-refractivity contribution in [3.8, 4) is 0 Å². The molecule has 1 aliphatic heterocycles. The van der Waals surface area contributed by atoms with Crippen LogP contribution in [0, 0.1) is 0 Å². The lowest BCUT2D eigenvalue weighted by Gasteiger charge is -2.18. The topological polar surface area (TPSA) is 69.8 Å². The molecule has 0 radical (unpaired) electrons. The highest BCUT2D eigenvalue weighted by molar-refractivity contribution is 5.72. The van der Waals surface area contributed by atoms with Crippen LogP contribution in [-0.4, -0.2) is 60.3 Å². The summed E-state index contributed by atoms with van der Waals surface area (Å²) in [6.07, 6.45) is -0.481. The summed E-state index contributed by atoms with van der Waals surface area (Å²) in [5, 5.41) is 9.39. The second-order valence-electron chi connectivity index (χ2n) is 3.20. The minimum atomic E-state index is -0.481. The molecule has 1 heterocycles. The van der Waals surface area contributed by atoms with Crippen LogP contribution in [0.15, 0.2) is 0 Å². The standard InChI is InChI=1S/C7H15N3O2/c1-9-2-3-10(7(8)12)5-6(11)4-9/h6,11H,2-5H2,1H3,(H2,8,12). The lowest BCUT2D eigenvalue weighted by Crippen LogP contribution is -2.41. The largest absolute Gasteiger partial charge is 0.390 e. The van der Waals surface area contributed by atoms with E-state index in [9.17, 15) is 9.90 Å². The summed E-state index contributed by atoms with van der Waals surface area (Å²) in [5.74, 6) is 0. The van der Waals surface area contributed by atoms with Gasteiger partial charge in [-0.05, 0) is 7.05 Å². The van der Waals surface area contributed by atoms with E-state index in [0.29, 0.717) is 19.6 Å². The number of β-amino-alcohol motifs (C(OH)–C–C–N with tert-alkyl or cyclic N) is 1. The number of urea groups is 1. The molecule has 70 valence electrons. The van der Waals surface area contributed by atoms with Crippen LogP contribution in [0.5, 0.6) is 0 Å². The van der Waals surface area contributed by atoms with E-state index in [-0.39, 0.29) is 0 Å². The summed E-state index contributed by atoms with van der Waals surface area (Å²) in [6.45, 7) is 2.31. The summed E-state index contributed by atoms with van der Waals surface area (Å²) < 4.78 is 0. The average Bonchev–Trinajstić information content (AvgIpc) is 2.11. The van der Waals surface area contributed by atoms with Gasteiger partial charge >= 0.3 is 6.03 Å². The monoisotopic (exact) mass is 173 g/mol. The van der Waals surface area contributed by atoms with Crippen molar-refractivity contribution in [1.82, 2.24) is 9.80 Å². The average molecular weight is 173 g/mol. The zero-order valence-electron chi connectivity index (χ0n) is 7.23. The Morgan fingerprint density at radius 1 is 1.50 bits per heavy atom. The van der Waals surface area contributed by atoms with Gasteiger partial charge in [-0.25, -0.2) is 4.79 Å². The molecule has 0 aromatic carbocycles. The van der Waals surface area contributed by atoms with Crippen molar-refractivity contribution in [2.24, 2.45) is 5.73 Å². The third-order valence-electron chi connectivity index (χ3n) is 2.02. The summed E-state index contributed by atoms with van der Waals surface area (Å²) in [5.41, 5.74) is 5.10. The Balaban J connectivity index is 2.52. The molecule has 0 saturated carbocycles. The van der Waals surface area contributed by atoms with E-state index in [1.165, 1.54) is 4.90 Å². The first-order valence-electron chi connectivity index (χ1n) is 4.00. The minimum Gasteiger partial charge on any atom is -0.390 e. The first-order chi connectivity index (χ1) is 5.59. The smallest absolute Gasteiger partial charge is 0.314 e. The number of likely N-dealkylation sites (N-methyl/N-ethyl adjacent to an activating group) is 1. The highest BCUT2D eigenvalue weighted by Crippen LogP contribution is 2.00. The van der Waals surface area contributed by atoms with Gasteiger partial charge in [0.1, 0.15) is 0 Å². The number of nitrogens with two attached hydrogens (primary N) is 1. The zero-order chi connectivity index (χ0) is 9.14. The molecule has 1 fully saturated rings. The molecule has 5 nitrogen and oxygen atoms in total. The normalized spacial score (nSPS) is 26.8. The SMILES string of the molecule is CN1CCN(C(N)=O)CC(O)C1. The molecule has 0 bridgehead atoms. The van der Waals surface area contributed by atoms with Crippen LogP contribution in [0.3, 0.4) is 0 Å². The van der Waals surface area contributed by atoms with E-state index >= 15 is 0 Å². The number of aliphatic hydroxyl groups excluding tert-OH is 1. The van der Waals surface area contributed by atoms with E-state index in [0.717, 1.165) is 6.54 Å². The van der Waals surface area contributed by atoms with Gasteiger partial charge in [0.15, 0.2) is 0 Å². The van der Waals surface area contributed by atoms with Crippen molar-refractivity contribution in [3.63, 3.8) is 0 Å². The van der Waals surface area contributed by atoms with Crippen molar-refractivity contribution in [1.29, 1.82) is 0 Å². The molecule has 1 saturated heterocycles. The molecular formula is C7H15N3O2. The second kappa shape index (κ2) is 3.73. The molecule has 1 rings (SSSR count). The Bertz CT molecular complexity index is 174. The van der Waals surface area contributed by atoms with Gasteiger partial charge in [0.2, 0.25) is 0 Å². The number of hydrogen-bond donors (Lipinski definition) is 2. The van der Waals surface area contributed by atoms with Crippen molar-refractivity contribution in [2.75, 3.05) is 33.2 Å². The number of aliphatic hydroxyl groups is 1. The quantitative estimate of drug-likeness (QED) is 0.477. The van der Waals surface area contributed by atoms with Gasteiger partial charge in [-0.15, -0.1) is 0 Å². The highest BCUT2D eigenvalue weighted by atomic mass is 16.3. The maximum atomic E-state index is 10.8. The zero-order valence-corrected chi connectivity index (χ0v) is 7.23. The predicted octanol–water partition coefficient (Wildman–Crippen LogP) is -1.33. The van der Waals surface area contributed by atoms with E-state index in [2.05, 4.69) is 0 Å². The fraction of sp³-hybridized carbons (Fsp3) is 0.857. The van der Waals surface area contributed by atoms with Gasteiger partial charge in [-0.2, -0.15) is 0 Å². The van der Waals surface area contributed by atoms with Gasteiger partial charge in [0.25, 0.3) is 0 Å². The third kappa shape index (κ3) is 2.35. The number of rotatable bonds is 0. The number of hydrogen-bond acceptors (Lipinski definition) is 3. The number of nitrogens with zero attached hydrogens (tertiary/aromatic N) is 2. The van der Waals surface area contributed by atoms with Crippen LogP contribution in [0.4, 0.5) is 4.79 Å².